The lowest BCUT2D eigenvalue weighted by molar-refractivity contribution is -0.122. The van der Waals surface area contributed by atoms with Gasteiger partial charge in [0.2, 0.25) is 21.8 Å². The average molecular weight is 450 g/mol. The van der Waals surface area contributed by atoms with Crippen molar-refractivity contribution in [2.24, 2.45) is 5.14 Å². The van der Waals surface area contributed by atoms with Gasteiger partial charge < -0.3 is 9.73 Å². The van der Waals surface area contributed by atoms with Crippen molar-refractivity contribution >= 4 is 27.3 Å². The second-order valence-electron chi connectivity index (χ2n) is 6.65. The molecule has 1 amide bonds. The minimum atomic E-state index is -3.73. The van der Waals surface area contributed by atoms with Gasteiger partial charge in [-0.05, 0) is 42.1 Å². The highest BCUT2D eigenvalue weighted by Crippen LogP contribution is 2.23. The van der Waals surface area contributed by atoms with E-state index in [2.05, 4.69) is 15.5 Å². The molecule has 160 valence electrons. The van der Waals surface area contributed by atoms with E-state index < -0.39 is 10.0 Å². The lowest BCUT2D eigenvalue weighted by Crippen LogP contribution is -2.37. The maximum atomic E-state index is 12.4. The summed E-state index contributed by atoms with van der Waals surface area (Å²) < 4.78 is 28.3. The molecule has 0 radical (unpaired) electrons. The van der Waals surface area contributed by atoms with Gasteiger partial charge in [-0.2, -0.15) is 0 Å². The van der Waals surface area contributed by atoms with Crippen LogP contribution in [-0.2, 0) is 27.9 Å². The van der Waals surface area contributed by atoms with Crippen molar-refractivity contribution in [3.8, 4) is 10.8 Å². The monoisotopic (exact) mass is 449 g/mol. The van der Waals surface area contributed by atoms with Crippen molar-refractivity contribution in [3.63, 3.8) is 0 Å². The predicted molar refractivity (Wildman–Crippen MR) is 113 cm³/mol. The number of sulfonamides is 1. The third-order valence-corrected chi connectivity index (χ3v) is 5.99. The number of nitrogens with one attached hydrogen (secondary N) is 1. The fourth-order valence-corrected chi connectivity index (χ4v) is 3.96. The summed E-state index contributed by atoms with van der Waals surface area (Å²) in [6, 6.07) is 9.90. The van der Waals surface area contributed by atoms with E-state index in [1.165, 1.54) is 23.5 Å². The van der Waals surface area contributed by atoms with E-state index in [1.54, 1.807) is 12.1 Å². The number of carbonyl (C=O) groups excluding carboxylic acids is 1. The van der Waals surface area contributed by atoms with E-state index >= 15 is 0 Å². The highest BCUT2D eigenvalue weighted by molar-refractivity contribution is 7.89. The molecule has 0 bridgehead atoms. The van der Waals surface area contributed by atoms with E-state index in [0.29, 0.717) is 24.9 Å². The van der Waals surface area contributed by atoms with Crippen molar-refractivity contribution in [2.75, 3.05) is 13.1 Å². The van der Waals surface area contributed by atoms with Crippen molar-refractivity contribution in [1.29, 1.82) is 0 Å². The van der Waals surface area contributed by atoms with Crippen LogP contribution in [0.2, 0.25) is 0 Å². The molecule has 11 heteroatoms. The average Bonchev–Trinajstić information content (AvgIpc) is 3.38. The van der Waals surface area contributed by atoms with E-state index in [1.807, 2.05) is 29.3 Å². The van der Waals surface area contributed by atoms with Gasteiger partial charge in [-0.1, -0.05) is 25.1 Å². The molecule has 0 unspecified atom stereocenters. The van der Waals surface area contributed by atoms with Crippen LogP contribution in [0.5, 0.6) is 0 Å². The van der Waals surface area contributed by atoms with Crippen molar-refractivity contribution < 1.29 is 17.6 Å². The maximum absolute atomic E-state index is 12.4. The van der Waals surface area contributed by atoms with Gasteiger partial charge in [-0.15, -0.1) is 21.5 Å². The van der Waals surface area contributed by atoms with E-state index in [-0.39, 0.29) is 23.9 Å². The highest BCUT2D eigenvalue weighted by Gasteiger charge is 2.16. The number of amides is 1. The molecule has 0 aliphatic heterocycles. The molecule has 0 aliphatic rings. The third kappa shape index (κ3) is 6.20. The minimum Gasteiger partial charge on any atom is -0.419 e. The van der Waals surface area contributed by atoms with Gasteiger partial charge in [0, 0.05) is 6.54 Å². The van der Waals surface area contributed by atoms with Gasteiger partial charge >= 0.3 is 0 Å². The minimum absolute atomic E-state index is 0.0353. The first-order valence-electron chi connectivity index (χ1n) is 9.32. The largest absolute Gasteiger partial charge is 0.419 e. The zero-order valence-corrected chi connectivity index (χ0v) is 18.1. The van der Waals surface area contributed by atoms with Crippen molar-refractivity contribution in [3.05, 3.63) is 53.2 Å². The lowest BCUT2D eigenvalue weighted by Gasteiger charge is -2.19. The standard InChI is InChI=1S/C19H23N5O4S2/c1-2-9-24(13-18-22-23-19(28-18)16-4-3-10-29-16)12-17(25)21-11-14-5-7-15(8-6-14)30(20,26)27/h3-8,10H,2,9,11-13H2,1H3,(H,21,25)(H2,20,26,27). The van der Waals surface area contributed by atoms with E-state index in [0.717, 1.165) is 16.9 Å². The number of nitrogens with two attached hydrogens (primary N) is 1. The molecule has 1 aromatic carbocycles. The molecule has 0 spiro atoms. The maximum Gasteiger partial charge on any atom is 0.257 e. The molecule has 0 saturated heterocycles. The Balaban J connectivity index is 1.53. The number of hydrogen-bond donors (Lipinski definition) is 2. The Morgan fingerprint density at radius 3 is 2.63 bits per heavy atom. The molecule has 0 atom stereocenters. The molecule has 3 aromatic rings. The van der Waals surface area contributed by atoms with Crippen LogP contribution in [0.15, 0.2) is 51.1 Å². The Morgan fingerprint density at radius 2 is 2.00 bits per heavy atom. The molecular formula is C19H23N5O4S2. The molecule has 3 N–H and O–H groups in total. The van der Waals surface area contributed by atoms with Gasteiger partial charge in [0.05, 0.1) is 22.9 Å². The molecule has 0 saturated carbocycles. The second-order valence-corrected chi connectivity index (χ2v) is 9.16. The zero-order valence-electron chi connectivity index (χ0n) is 16.4. The first-order chi connectivity index (χ1) is 14.3. The number of hydrogen-bond acceptors (Lipinski definition) is 8. The molecule has 0 fully saturated rings. The number of carbonyl (C=O) groups is 1. The predicted octanol–water partition coefficient (Wildman–Crippen LogP) is 1.97. The van der Waals surface area contributed by atoms with Gasteiger partial charge in [0.15, 0.2) is 0 Å². The van der Waals surface area contributed by atoms with Gasteiger partial charge in [0.1, 0.15) is 0 Å². The van der Waals surface area contributed by atoms with Gasteiger partial charge in [-0.3, -0.25) is 9.69 Å². The van der Waals surface area contributed by atoms with Crippen molar-refractivity contribution in [1.82, 2.24) is 20.4 Å². The first-order valence-corrected chi connectivity index (χ1v) is 11.7. The first kappa shape index (κ1) is 22.1. The Kier molecular flexibility index (Phi) is 7.32. The van der Waals surface area contributed by atoms with Crippen LogP contribution in [0.25, 0.3) is 10.8 Å². The summed E-state index contributed by atoms with van der Waals surface area (Å²) in [5.74, 6) is 0.777. The fourth-order valence-electron chi connectivity index (χ4n) is 2.80. The Morgan fingerprint density at radius 1 is 1.23 bits per heavy atom. The number of primary sulfonamides is 1. The highest BCUT2D eigenvalue weighted by atomic mass is 32.2. The molecular weight excluding hydrogens is 426 g/mol. The Hall–Kier alpha value is -2.60. The summed E-state index contributed by atoms with van der Waals surface area (Å²) in [7, 11) is -3.73. The van der Waals surface area contributed by atoms with Crippen LogP contribution in [-0.4, -0.2) is 42.5 Å². The fraction of sp³-hybridized carbons (Fsp3) is 0.316. The molecule has 30 heavy (non-hydrogen) atoms. The summed E-state index contributed by atoms with van der Waals surface area (Å²) in [5.41, 5.74) is 0.773. The molecule has 2 aromatic heterocycles. The summed E-state index contributed by atoms with van der Waals surface area (Å²) in [6.07, 6.45) is 0.869. The number of benzene rings is 1. The second kappa shape index (κ2) is 9.94. The molecule has 3 rings (SSSR count). The number of thiophene rings is 1. The van der Waals surface area contributed by atoms with Gasteiger partial charge in [0.25, 0.3) is 5.89 Å². The van der Waals surface area contributed by atoms with Crippen LogP contribution in [0.3, 0.4) is 0 Å². The number of aromatic nitrogens is 2. The van der Waals surface area contributed by atoms with Crippen molar-refractivity contribution in [2.45, 2.75) is 31.3 Å². The van der Waals surface area contributed by atoms with Crippen LogP contribution in [0.1, 0.15) is 24.8 Å². The summed E-state index contributed by atoms with van der Waals surface area (Å²) in [5, 5.41) is 18.0. The summed E-state index contributed by atoms with van der Waals surface area (Å²) in [6.45, 7) is 3.57. The number of rotatable bonds is 10. The Labute approximate surface area is 179 Å². The van der Waals surface area contributed by atoms with Crippen LogP contribution < -0.4 is 10.5 Å². The summed E-state index contributed by atoms with van der Waals surface area (Å²) >= 11 is 1.52. The van der Waals surface area contributed by atoms with E-state index in [4.69, 9.17) is 9.56 Å². The lowest BCUT2D eigenvalue weighted by atomic mass is 10.2. The van der Waals surface area contributed by atoms with Gasteiger partial charge in [-0.25, -0.2) is 13.6 Å². The topological polar surface area (TPSA) is 131 Å². The smallest absolute Gasteiger partial charge is 0.257 e. The van der Waals surface area contributed by atoms with Crippen LogP contribution in [0.4, 0.5) is 0 Å². The normalized spacial score (nSPS) is 11.7. The number of nitrogens with zero attached hydrogens (tertiary/aromatic N) is 3. The van der Waals surface area contributed by atoms with E-state index in [9.17, 15) is 13.2 Å². The van der Waals surface area contributed by atoms with Crippen LogP contribution >= 0.6 is 11.3 Å². The molecule has 9 nitrogen and oxygen atoms in total. The summed E-state index contributed by atoms with van der Waals surface area (Å²) in [4.78, 5) is 15.3. The Bertz CT molecular complexity index is 1060. The SMILES string of the molecule is CCCN(CC(=O)NCc1ccc(S(N)(=O)=O)cc1)Cc1nnc(-c2cccs2)o1. The molecule has 0 aliphatic carbocycles. The third-order valence-electron chi connectivity index (χ3n) is 4.21. The quantitative estimate of drug-likeness (QED) is 0.484. The molecule has 2 heterocycles. The zero-order chi connectivity index (χ0) is 21.6. The van der Waals surface area contributed by atoms with Crippen LogP contribution in [0, 0.1) is 0 Å².